The van der Waals surface area contributed by atoms with E-state index in [2.05, 4.69) is 4.98 Å². The zero-order valence-corrected chi connectivity index (χ0v) is 22.5. The van der Waals surface area contributed by atoms with Crippen molar-refractivity contribution in [2.45, 2.75) is 36.0 Å². The molecule has 6 rings (SSSR count). The molecule has 0 spiro atoms. The second-order valence-corrected chi connectivity index (χ2v) is 13.4. The van der Waals surface area contributed by atoms with Crippen molar-refractivity contribution in [1.82, 2.24) is 14.3 Å². The lowest BCUT2D eigenvalue weighted by Gasteiger charge is -2.26. The Bertz CT molecular complexity index is 1740. The summed E-state index contributed by atoms with van der Waals surface area (Å²) in [5.74, 6) is 0.556. The maximum absolute atomic E-state index is 13.8. The van der Waals surface area contributed by atoms with Gasteiger partial charge in [0.2, 0.25) is 10.0 Å². The van der Waals surface area contributed by atoms with E-state index in [1.54, 1.807) is 59.5 Å². The Morgan fingerprint density at radius 1 is 0.684 bits per heavy atom. The van der Waals surface area contributed by atoms with E-state index < -0.39 is 20.0 Å². The Morgan fingerprint density at radius 3 is 2.03 bits per heavy atom. The molecule has 3 heterocycles. The standard InChI is InChI=1S/C27H27N5O4S2/c1-20-12-14-22(15-13-20)38(35,36)32-19-31(26-27(32)29-25-11-4-3-10-24(25)28-26)21-8-7-9-23(18-21)37(33,34)30-16-5-2-6-17-30/h3-4,7-15,18H,2,5-6,16-17,19H2,1H3. The number of nitrogens with zero attached hydrogens (tertiary/aromatic N) is 5. The van der Waals surface area contributed by atoms with Crippen LogP contribution in [0.15, 0.2) is 82.6 Å². The van der Waals surface area contributed by atoms with Gasteiger partial charge in [-0.05, 0) is 62.2 Å². The Balaban J connectivity index is 1.46. The molecule has 0 saturated carbocycles. The predicted molar refractivity (Wildman–Crippen MR) is 146 cm³/mol. The number of fused-ring (bicyclic) bond motifs is 2. The summed E-state index contributed by atoms with van der Waals surface area (Å²) < 4.78 is 57.1. The highest BCUT2D eigenvalue weighted by atomic mass is 32.2. The van der Waals surface area contributed by atoms with Crippen molar-refractivity contribution < 1.29 is 16.8 Å². The van der Waals surface area contributed by atoms with Gasteiger partial charge >= 0.3 is 0 Å². The van der Waals surface area contributed by atoms with E-state index in [0.29, 0.717) is 35.6 Å². The van der Waals surface area contributed by atoms with Gasteiger partial charge in [0.1, 0.15) is 6.67 Å². The van der Waals surface area contributed by atoms with E-state index in [1.165, 1.54) is 8.61 Å². The fraction of sp³-hybridized carbons (Fsp3) is 0.259. The molecule has 1 fully saturated rings. The smallest absolute Gasteiger partial charge is 0.267 e. The molecule has 9 nitrogen and oxygen atoms in total. The van der Waals surface area contributed by atoms with Crippen molar-refractivity contribution in [3.8, 4) is 0 Å². The molecule has 1 saturated heterocycles. The average molecular weight is 550 g/mol. The number of piperidine rings is 1. The van der Waals surface area contributed by atoms with Crippen LogP contribution < -0.4 is 9.21 Å². The van der Waals surface area contributed by atoms with Crippen molar-refractivity contribution >= 4 is 48.4 Å². The minimum atomic E-state index is -3.97. The summed E-state index contributed by atoms with van der Waals surface area (Å²) in [6.45, 7) is 2.80. The van der Waals surface area contributed by atoms with Gasteiger partial charge in [0.15, 0.2) is 11.6 Å². The average Bonchev–Trinajstić information content (AvgIpc) is 3.32. The first kappa shape index (κ1) is 24.8. The monoisotopic (exact) mass is 549 g/mol. The van der Waals surface area contributed by atoms with Gasteiger partial charge in [-0.1, -0.05) is 42.3 Å². The Labute approximate surface area is 222 Å². The fourth-order valence-corrected chi connectivity index (χ4v) is 7.80. The summed E-state index contributed by atoms with van der Waals surface area (Å²) in [5, 5.41) is 0. The third-order valence-corrected chi connectivity index (χ3v) is 10.6. The lowest BCUT2D eigenvalue weighted by Crippen LogP contribution is -2.36. The highest BCUT2D eigenvalue weighted by molar-refractivity contribution is 7.92. The molecule has 0 radical (unpaired) electrons. The zero-order valence-electron chi connectivity index (χ0n) is 20.9. The molecule has 196 valence electrons. The van der Waals surface area contributed by atoms with Crippen LogP contribution in [-0.4, -0.2) is 50.9 Å². The van der Waals surface area contributed by atoms with Crippen molar-refractivity contribution in [2.75, 3.05) is 29.0 Å². The normalized spacial score (nSPS) is 16.7. The first-order valence-corrected chi connectivity index (χ1v) is 15.4. The van der Waals surface area contributed by atoms with Crippen LogP contribution in [0.2, 0.25) is 0 Å². The van der Waals surface area contributed by atoms with Crippen LogP contribution in [0.4, 0.5) is 17.3 Å². The van der Waals surface area contributed by atoms with Crippen LogP contribution in [0.25, 0.3) is 11.0 Å². The van der Waals surface area contributed by atoms with Gasteiger partial charge in [-0.3, -0.25) is 0 Å². The lowest BCUT2D eigenvalue weighted by atomic mass is 10.2. The number of hydrogen-bond acceptors (Lipinski definition) is 7. The van der Waals surface area contributed by atoms with Crippen molar-refractivity contribution in [2.24, 2.45) is 0 Å². The van der Waals surface area contributed by atoms with Crippen molar-refractivity contribution in [3.63, 3.8) is 0 Å². The molecule has 38 heavy (non-hydrogen) atoms. The third kappa shape index (κ3) is 4.20. The second kappa shape index (κ2) is 9.33. The SMILES string of the molecule is Cc1ccc(S(=O)(=O)N2CN(c3cccc(S(=O)(=O)N4CCCCC4)c3)c3nc4ccccc4nc32)cc1. The Hall–Kier alpha value is -3.54. The molecule has 0 aliphatic carbocycles. The number of aryl methyl sites for hydroxylation is 1. The molecule has 3 aromatic carbocycles. The van der Waals surface area contributed by atoms with E-state index in [4.69, 9.17) is 4.98 Å². The number of hydrogen-bond donors (Lipinski definition) is 0. The molecule has 0 atom stereocenters. The summed E-state index contributed by atoms with van der Waals surface area (Å²) in [5.41, 5.74) is 2.65. The van der Waals surface area contributed by atoms with Gasteiger partial charge in [-0.25, -0.2) is 31.1 Å². The highest BCUT2D eigenvalue weighted by Gasteiger charge is 2.39. The summed E-state index contributed by atoms with van der Waals surface area (Å²) in [6.07, 6.45) is 2.70. The van der Waals surface area contributed by atoms with Crippen LogP contribution in [0.3, 0.4) is 0 Å². The minimum absolute atomic E-state index is 0.0882. The molecular weight excluding hydrogens is 522 g/mol. The quantitative estimate of drug-likeness (QED) is 0.363. The lowest BCUT2D eigenvalue weighted by molar-refractivity contribution is 0.346. The molecule has 2 aliphatic heterocycles. The van der Waals surface area contributed by atoms with E-state index in [-0.39, 0.29) is 22.3 Å². The molecule has 2 aliphatic rings. The van der Waals surface area contributed by atoms with E-state index in [0.717, 1.165) is 24.8 Å². The van der Waals surface area contributed by atoms with E-state index in [1.807, 2.05) is 25.1 Å². The number of anilines is 3. The summed E-state index contributed by atoms with van der Waals surface area (Å²) in [4.78, 5) is 11.5. The number of aromatic nitrogens is 2. The van der Waals surface area contributed by atoms with Crippen molar-refractivity contribution in [1.29, 1.82) is 0 Å². The Morgan fingerprint density at radius 2 is 1.34 bits per heavy atom. The number of sulfonamides is 2. The van der Waals surface area contributed by atoms with Gasteiger partial charge in [0.05, 0.1) is 20.8 Å². The summed E-state index contributed by atoms with van der Waals surface area (Å²) in [6, 6.07) is 20.5. The Kier molecular flexibility index (Phi) is 6.09. The molecule has 0 N–H and O–H groups in total. The zero-order chi connectivity index (χ0) is 26.5. The first-order chi connectivity index (χ1) is 18.2. The summed E-state index contributed by atoms with van der Waals surface area (Å²) in [7, 11) is -7.65. The summed E-state index contributed by atoms with van der Waals surface area (Å²) >= 11 is 0. The van der Waals surface area contributed by atoms with E-state index >= 15 is 0 Å². The van der Waals surface area contributed by atoms with Crippen LogP contribution in [0.1, 0.15) is 24.8 Å². The van der Waals surface area contributed by atoms with Gasteiger partial charge in [0.25, 0.3) is 10.0 Å². The van der Waals surface area contributed by atoms with Crippen LogP contribution in [0.5, 0.6) is 0 Å². The molecule has 0 amide bonds. The van der Waals surface area contributed by atoms with Gasteiger partial charge < -0.3 is 4.90 Å². The topological polar surface area (TPSA) is 104 Å². The maximum atomic E-state index is 13.8. The van der Waals surface area contributed by atoms with Crippen LogP contribution in [-0.2, 0) is 20.0 Å². The van der Waals surface area contributed by atoms with Gasteiger partial charge in [-0.2, -0.15) is 4.31 Å². The maximum Gasteiger partial charge on any atom is 0.267 e. The number of rotatable bonds is 5. The molecule has 11 heteroatoms. The molecule has 1 aromatic heterocycles. The second-order valence-electron chi connectivity index (χ2n) is 9.56. The highest BCUT2D eigenvalue weighted by Crippen LogP contribution is 2.42. The van der Waals surface area contributed by atoms with Gasteiger partial charge in [0, 0.05) is 18.8 Å². The predicted octanol–water partition coefficient (Wildman–Crippen LogP) is 4.42. The number of benzene rings is 3. The van der Waals surface area contributed by atoms with E-state index in [9.17, 15) is 16.8 Å². The van der Waals surface area contributed by atoms with Crippen LogP contribution >= 0.6 is 0 Å². The first-order valence-electron chi connectivity index (χ1n) is 12.5. The molecule has 4 aromatic rings. The van der Waals surface area contributed by atoms with Crippen LogP contribution in [0, 0.1) is 6.92 Å². The molecule has 0 unspecified atom stereocenters. The fourth-order valence-electron chi connectivity index (χ4n) is 4.89. The largest absolute Gasteiger partial charge is 0.304 e. The third-order valence-electron chi connectivity index (χ3n) is 6.99. The van der Waals surface area contributed by atoms with Crippen molar-refractivity contribution in [3.05, 3.63) is 78.4 Å². The number of para-hydroxylation sites is 2. The van der Waals surface area contributed by atoms with Gasteiger partial charge in [-0.15, -0.1) is 0 Å². The minimum Gasteiger partial charge on any atom is -0.304 e. The molecule has 0 bridgehead atoms. The molecular formula is C27H27N5O4S2.